The topological polar surface area (TPSA) is 175 Å². The Balaban J connectivity index is 1.75. The number of esters is 1. The third-order valence-corrected chi connectivity index (χ3v) is 9.00. The molecular formula is C23H38N7O6P. The Hall–Kier alpha value is -2.60. The smallest absolute Gasteiger partial charge is 0.326 e. The maximum atomic E-state index is 14.4. The summed E-state index contributed by atoms with van der Waals surface area (Å²) in [7, 11) is -3.69. The molecule has 0 radical (unpaired) electrons. The first-order chi connectivity index (χ1) is 17.5. The number of anilines is 1. The van der Waals surface area contributed by atoms with Crippen LogP contribution in [0, 0.1) is 0 Å². The van der Waals surface area contributed by atoms with Gasteiger partial charge in [-0.25, -0.2) is 24.7 Å². The number of carbonyl (C=O) groups is 2. The van der Waals surface area contributed by atoms with Crippen LogP contribution in [0.2, 0.25) is 0 Å². The van der Waals surface area contributed by atoms with Crippen LogP contribution in [0.5, 0.6) is 0 Å². The number of rotatable bonds is 14. The molecule has 3 rings (SSSR count). The van der Waals surface area contributed by atoms with Crippen LogP contribution in [0.3, 0.4) is 0 Å². The van der Waals surface area contributed by atoms with Crippen LogP contribution >= 0.6 is 7.44 Å². The first-order valence-corrected chi connectivity index (χ1v) is 14.4. The fourth-order valence-electron chi connectivity index (χ4n) is 4.33. The van der Waals surface area contributed by atoms with Crippen LogP contribution in [-0.2, 0) is 30.2 Å². The first kappa shape index (κ1) is 29.0. The molecule has 37 heavy (non-hydrogen) atoms. The summed E-state index contributed by atoms with van der Waals surface area (Å²) >= 11 is 0. The van der Waals surface area contributed by atoms with Crippen LogP contribution in [0.1, 0.15) is 59.8 Å². The van der Waals surface area contributed by atoms with Crippen molar-refractivity contribution in [3.63, 3.8) is 0 Å². The Kier molecular flexibility index (Phi) is 9.63. The van der Waals surface area contributed by atoms with Gasteiger partial charge < -0.3 is 24.9 Å². The number of nitrogen functional groups attached to an aromatic ring is 1. The number of unbranched alkanes of at least 4 members (excludes halogenated alkanes) is 2. The van der Waals surface area contributed by atoms with Crippen LogP contribution < -0.4 is 10.8 Å². The van der Waals surface area contributed by atoms with Gasteiger partial charge in [-0.2, -0.15) is 0 Å². The number of ether oxygens (including phenoxy) is 2. The van der Waals surface area contributed by atoms with Gasteiger partial charge in [0, 0.05) is 6.54 Å². The lowest BCUT2D eigenvalue weighted by molar-refractivity contribution is -0.149. The summed E-state index contributed by atoms with van der Waals surface area (Å²) in [5, 5.41) is 12.7. The van der Waals surface area contributed by atoms with Crippen LogP contribution in [-0.4, -0.2) is 78.4 Å². The molecule has 3 atom stereocenters. The molecule has 14 heteroatoms. The predicted molar refractivity (Wildman–Crippen MR) is 138 cm³/mol. The van der Waals surface area contributed by atoms with E-state index in [0.29, 0.717) is 37.1 Å². The molecule has 1 saturated heterocycles. The van der Waals surface area contributed by atoms with Gasteiger partial charge >= 0.3 is 11.9 Å². The second-order valence-electron chi connectivity index (χ2n) is 9.88. The maximum Gasteiger partial charge on any atom is 0.326 e. The molecule has 0 amide bonds. The molecule has 1 aliphatic rings. The zero-order valence-electron chi connectivity index (χ0n) is 21.9. The summed E-state index contributed by atoms with van der Waals surface area (Å²) in [5.41, 5.74) is 5.55. The van der Waals surface area contributed by atoms with E-state index in [1.54, 1.807) is 31.7 Å². The summed E-state index contributed by atoms with van der Waals surface area (Å²) in [4.78, 5) is 37.1. The Morgan fingerprint density at radius 3 is 2.78 bits per heavy atom. The maximum absolute atomic E-state index is 14.4. The molecule has 13 nitrogen and oxygen atoms in total. The van der Waals surface area contributed by atoms with Gasteiger partial charge in [0.2, 0.25) is 7.44 Å². The highest BCUT2D eigenvalue weighted by molar-refractivity contribution is 7.59. The molecular weight excluding hydrogens is 501 g/mol. The molecule has 1 fully saturated rings. The van der Waals surface area contributed by atoms with Gasteiger partial charge in [0.25, 0.3) is 0 Å². The second kappa shape index (κ2) is 12.3. The lowest BCUT2D eigenvalue weighted by atomic mass is 10.1. The minimum absolute atomic E-state index is 0.267. The van der Waals surface area contributed by atoms with E-state index >= 15 is 0 Å². The van der Waals surface area contributed by atoms with Gasteiger partial charge in [-0.1, -0.05) is 19.8 Å². The van der Waals surface area contributed by atoms with Crippen molar-refractivity contribution in [1.82, 2.24) is 29.3 Å². The monoisotopic (exact) mass is 539 g/mol. The molecule has 1 aliphatic heterocycles. The summed E-state index contributed by atoms with van der Waals surface area (Å²) < 4.78 is 29.0. The average Bonchev–Trinajstić information content (AvgIpc) is 3.49. The Labute approximate surface area is 216 Å². The van der Waals surface area contributed by atoms with Crippen LogP contribution in [0.25, 0.3) is 11.2 Å². The van der Waals surface area contributed by atoms with Gasteiger partial charge in [0.1, 0.15) is 29.8 Å². The van der Waals surface area contributed by atoms with Gasteiger partial charge in [0.15, 0.2) is 11.5 Å². The van der Waals surface area contributed by atoms with E-state index in [0.717, 1.165) is 19.3 Å². The highest BCUT2D eigenvalue weighted by Gasteiger charge is 2.47. The van der Waals surface area contributed by atoms with Crippen LogP contribution in [0.4, 0.5) is 5.82 Å². The number of hydrogen-bond donors (Lipinski definition) is 3. The minimum Gasteiger partial charge on any atom is -0.480 e. The molecule has 0 saturated carbocycles. The standard InChI is InChI=1S/C23H38N7O6P/c1-5-6-7-11-35-22(33)23(3,4)28-37(34,30-10-8-9-17(30)21(31)32)15-36-16(2)12-29-14-27-18-19(24)25-13-26-20(18)29/h13-14,16-17H,5-12,15H2,1-4H3,(H,28,34)(H,31,32)(H2,24,25,26)/t16-,17-,37-/m1/s1. The van der Waals surface area contributed by atoms with Gasteiger partial charge in [-0.05, 0) is 40.0 Å². The normalized spacial score (nSPS) is 19.1. The number of nitrogens with two attached hydrogens (primary N) is 1. The van der Waals surface area contributed by atoms with Crippen molar-refractivity contribution in [3.8, 4) is 0 Å². The van der Waals surface area contributed by atoms with Crippen molar-refractivity contribution in [3.05, 3.63) is 12.7 Å². The number of carbonyl (C=O) groups excluding carboxylic acids is 1. The molecule has 0 spiro atoms. The third-order valence-electron chi connectivity index (χ3n) is 6.29. The molecule has 0 bridgehead atoms. The molecule has 2 aromatic rings. The van der Waals surface area contributed by atoms with Crippen molar-refractivity contribution >= 4 is 36.4 Å². The highest BCUT2D eigenvalue weighted by atomic mass is 31.2. The summed E-state index contributed by atoms with van der Waals surface area (Å²) in [6, 6.07) is -0.939. The van der Waals surface area contributed by atoms with Gasteiger partial charge in [-0.15, -0.1) is 0 Å². The fourth-order valence-corrected chi connectivity index (χ4v) is 7.22. The third kappa shape index (κ3) is 7.04. The molecule has 2 aromatic heterocycles. The Bertz CT molecular complexity index is 1140. The SMILES string of the molecule is CCCCCOC(=O)C(C)(C)N[P@](=O)(CO[C@H](C)Cn1cnc2c(N)ncnc21)N1CCC[C@@H]1C(=O)O. The zero-order valence-corrected chi connectivity index (χ0v) is 22.8. The number of hydrogen-bond acceptors (Lipinski definition) is 9. The van der Waals surface area contributed by atoms with Crippen molar-refractivity contribution in [2.75, 3.05) is 25.2 Å². The van der Waals surface area contributed by atoms with E-state index in [-0.39, 0.29) is 18.8 Å². The molecule has 0 aliphatic carbocycles. The largest absolute Gasteiger partial charge is 0.480 e. The van der Waals surface area contributed by atoms with Gasteiger partial charge in [0.05, 0.1) is 25.6 Å². The number of carboxylic acid groups (broad SMARTS) is 1. The molecule has 4 N–H and O–H groups in total. The number of aliphatic carboxylic acids is 1. The molecule has 206 valence electrons. The van der Waals surface area contributed by atoms with Crippen molar-refractivity contribution in [1.29, 1.82) is 0 Å². The van der Waals surface area contributed by atoms with Crippen LogP contribution in [0.15, 0.2) is 12.7 Å². The number of imidazole rings is 1. The van der Waals surface area contributed by atoms with Crippen molar-refractivity contribution < 1.29 is 28.7 Å². The van der Waals surface area contributed by atoms with Crippen molar-refractivity contribution in [2.45, 2.75) is 84.0 Å². The van der Waals surface area contributed by atoms with E-state index in [1.807, 2.05) is 0 Å². The van der Waals surface area contributed by atoms with Gasteiger partial charge in [-0.3, -0.25) is 14.2 Å². The fraction of sp³-hybridized carbons (Fsp3) is 0.696. The number of nitrogens with zero attached hydrogens (tertiary/aromatic N) is 5. The van der Waals surface area contributed by atoms with E-state index in [9.17, 15) is 19.3 Å². The van der Waals surface area contributed by atoms with E-state index in [1.165, 1.54) is 11.0 Å². The number of aromatic nitrogens is 4. The summed E-state index contributed by atoms with van der Waals surface area (Å²) in [6.45, 7) is 7.92. The lowest BCUT2D eigenvalue weighted by Crippen LogP contribution is -2.50. The number of fused-ring (bicyclic) bond motifs is 1. The Morgan fingerprint density at radius 2 is 2.08 bits per heavy atom. The zero-order chi connectivity index (χ0) is 27.2. The lowest BCUT2D eigenvalue weighted by Gasteiger charge is -2.37. The number of nitrogens with one attached hydrogen (secondary N) is 1. The predicted octanol–water partition coefficient (Wildman–Crippen LogP) is 2.61. The second-order valence-corrected chi connectivity index (χ2v) is 12.3. The quantitative estimate of drug-likeness (QED) is 0.182. The van der Waals surface area contributed by atoms with E-state index < -0.39 is 37.1 Å². The van der Waals surface area contributed by atoms with E-state index in [2.05, 4.69) is 27.0 Å². The van der Waals surface area contributed by atoms with Crippen molar-refractivity contribution in [2.24, 2.45) is 0 Å². The molecule has 0 unspecified atom stereocenters. The highest BCUT2D eigenvalue weighted by Crippen LogP contribution is 2.51. The first-order valence-electron chi connectivity index (χ1n) is 12.6. The summed E-state index contributed by atoms with van der Waals surface area (Å²) in [5.74, 6) is -1.34. The van der Waals surface area contributed by atoms with E-state index in [4.69, 9.17) is 15.2 Å². The summed E-state index contributed by atoms with van der Waals surface area (Å²) in [6.07, 6.45) is 5.78. The number of carboxylic acids is 1. The minimum atomic E-state index is -3.69. The average molecular weight is 540 g/mol. The Morgan fingerprint density at radius 1 is 1.32 bits per heavy atom. The molecule has 0 aromatic carbocycles. The molecule has 3 heterocycles.